The molecule has 0 atom stereocenters. The van der Waals surface area contributed by atoms with Crippen LogP contribution in [0.15, 0.2) is 0 Å². The normalized spacial score (nSPS) is 7.65. The highest BCUT2D eigenvalue weighted by atomic mass is 16.4. The van der Waals surface area contributed by atoms with E-state index in [9.17, 15) is 0 Å². The van der Waals surface area contributed by atoms with Gasteiger partial charge in [-0.25, -0.2) is 0 Å². The van der Waals surface area contributed by atoms with Crippen LogP contribution in [0, 0.1) is 0 Å². The summed E-state index contributed by atoms with van der Waals surface area (Å²) in [5.41, 5.74) is 0. The van der Waals surface area contributed by atoms with Gasteiger partial charge in [-0.2, -0.15) is 0 Å². The Balaban J connectivity index is -0.0000000917. The monoisotopic (exact) mass is 294 g/mol. The third kappa shape index (κ3) is 335. The van der Waals surface area contributed by atoms with Gasteiger partial charge in [-0.1, -0.05) is 52.4 Å². The third-order valence-corrected chi connectivity index (χ3v) is 1.46. The summed E-state index contributed by atoms with van der Waals surface area (Å²) < 4.78 is 0. The Bertz CT molecular complexity index is 179. The standard InChI is InChI=1S/C8H18.3C2H4O2/c1-3-5-7-8-6-4-2;3*1-2(3)4/h3-8H2,1-2H3;3*1H3,(H,3,4). The summed E-state index contributed by atoms with van der Waals surface area (Å²) >= 11 is 0. The lowest BCUT2D eigenvalue weighted by molar-refractivity contribution is -0.135. The Morgan fingerprint density at radius 3 is 0.850 bits per heavy atom. The highest BCUT2D eigenvalue weighted by Gasteiger charge is 1.83. The average Bonchev–Trinajstić information content (AvgIpc) is 2.22. The van der Waals surface area contributed by atoms with Crippen molar-refractivity contribution in [2.24, 2.45) is 0 Å². The van der Waals surface area contributed by atoms with Gasteiger partial charge in [-0.3, -0.25) is 14.4 Å². The molecule has 0 radical (unpaired) electrons. The highest BCUT2D eigenvalue weighted by Crippen LogP contribution is 2.03. The van der Waals surface area contributed by atoms with E-state index in [4.69, 9.17) is 29.7 Å². The number of unbranched alkanes of at least 4 members (excludes halogenated alkanes) is 5. The van der Waals surface area contributed by atoms with E-state index in [0.29, 0.717) is 0 Å². The summed E-state index contributed by atoms with van der Waals surface area (Å²) in [6.07, 6.45) is 8.49. The molecule has 0 aromatic heterocycles. The van der Waals surface area contributed by atoms with Crippen molar-refractivity contribution in [1.82, 2.24) is 0 Å². The van der Waals surface area contributed by atoms with Crippen LogP contribution in [-0.2, 0) is 14.4 Å². The maximum absolute atomic E-state index is 9.00. The fourth-order valence-corrected chi connectivity index (χ4v) is 0.854. The molecule has 0 aromatic rings. The molecule has 0 bridgehead atoms. The minimum atomic E-state index is -0.833. The van der Waals surface area contributed by atoms with Crippen LogP contribution in [-0.4, -0.2) is 33.2 Å². The number of hydrogen-bond donors (Lipinski definition) is 3. The molecule has 0 aliphatic carbocycles. The first-order chi connectivity index (χ1) is 9.11. The molecule has 0 aliphatic heterocycles. The van der Waals surface area contributed by atoms with Crippen molar-refractivity contribution in [3.8, 4) is 0 Å². The van der Waals surface area contributed by atoms with Crippen LogP contribution in [0.25, 0.3) is 0 Å². The van der Waals surface area contributed by atoms with E-state index in [1.54, 1.807) is 0 Å². The van der Waals surface area contributed by atoms with E-state index in [2.05, 4.69) is 13.8 Å². The molecule has 0 aliphatic rings. The minimum absolute atomic E-state index is 0.833. The Labute approximate surface area is 121 Å². The molecule has 0 fully saturated rings. The highest BCUT2D eigenvalue weighted by molar-refractivity contribution is 5.63. The fourth-order valence-electron chi connectivity index (χ4n) is 0.854. The Morgan fingerprint density at radius 1 is 0.600 bits per heavy atom. The number of carboxylic acid groups (broad SMARTS) is 3. The van der Waals surface area contributed by atoms with Crippen molar-refractivity contribution in [2.75, 3.05) is 0 Å². The van der Waals surface area contributed by atoms with E-state index >= 15 is 0 Å². The molecular weight excluding hydrogens is 264 g/mol. The third-order valence-electron chi connectivity index (χ3n) is 1.46. The lowest BCUT2D eigenvalue weighted by atomic mass is 10.1. The number of rotatable bonds is 5. The first kappa shape index (κ1) is 26.9. The molecule has 0 aromatic carbocycles. The van der Waals surface area contributed by atoms with E-state index < -0.39 is 17.9 Å². The van der Waals surface area contributed by atoms with Crippen molar-refractivity contribution in [3.63, 3.8) is 0 Å². The van der Waals surface area contributed by atoms with Crippen LogP contribution < -0.4 is 0 Å². The zero-order chi connectivity index (χ0) is 17.0. The van der Waals surface area contributed by atoms with Crippen LogP contribution in [0.2, 0.25) is 0 Å². The largest absolute Gasteiger partial charge is 0.481 e. The van der Waals surface area contributed by atoms with Gasteiger partial charge >= 0.3 is 0 Å². The summed E-state index contributed by atoms with van der Waals surface area (Å²) in [7, 11) is 0. The van der Waals surface area contributed by atoms with E-state index in [1.807, 2.05) is 0 Å². The lowest BCUT2D eigenvalue weighted by Crippen LogP contribution is -1.78. The minimum Gasteiger partial charge on any atom is -0.481 e. The molecule has 0 saturated heterocycles. The van der Waals surface area contributed by atoms with Gasteiger partial charge < -0.3 is 15.3 Å². The predicted octanol–water partition coefficient (Wildman–Crippen LogP) is 3.64. The summed E-state index contributed by atoms with van der Waals surface area (Å²) in [5, 5.41) is 22.2. The summed E-state index contributed by atoms with van der Waals surface area (Å²) in [6, 6.07) is 0. The van der Waals surface area contributed by atoms with E-state index in [1.165, 1.54) is 38.5 Å². The van der Waals surface area contributed by atoms with E-state index in [0.717, 1.165) is 20.8 Å². The molecule has 122 valence electrons. The van der Waals surface area contributed by atoms with Crippen molar-refractivity contribution in [1.29, 1.82) is 0 Å². The molecule has 0 heterocycles. The maximum Gasteiger partial charge on any atom is 0.300 e. The second kappa shape index (κ2) is 26.1. The Kier molecular flexibility index (Phi) is 35.0. The van der Waals surface area contributed by atoms with Crippen LogP contribution in [0.3, 0.4) is 0 Å². The molecule has 6 heteroatoms. The predicted molar refractivity (Wildman–Crippen MR) is 79.0 cm³/mol. The summed E-state index contributed by atoms with van der Waals surface area (Å²) in [4.78, 5) is 27.0. The second-order valence-corrected chi connectivity index (χ2v) is 3.97. The van der Waals surface area contributed by atoms with Gasteiger partial charge in [0.15, 0.2) is 0 Å². The fraction of sp³-hybridized carbons (Fsp3) is 0.786. The molecule has 0 amide bonds. The van der Waals surface area contributed by atoms with Gasteiger partial charge in [0.2, 0.25) is 0 Å². The van der Waals surface area contributed by atoms with Crippen LogP contribution in [0.5, 0.6) is 0 Å². The molecule has 20 heavy (non-hydrogen) atoms. The van der Waals surface area contributed by atoms with Gasteiger partial charge in [0.05, 0.1) is 0 Å². The van der Waals surface area contributed by atoms with Crippen LogP contribution >= 0.6 is 0 Å². The molecule has 0 saturated carbocycles. The first-order valence-electron chi connectivity index (χ1n) is 6.70. The topological polar surface area (TPSA) is 112 Å². The molecular formula is C14H30O6. The quantitative estimate of drug-likeness (QED) is 0.667. The molecule has 0 unspecified atom stereocenters. The summed E-state index contributed by atoms with van der Waals surface area (Å²) in [5.74, 6) is -2.50. The van der Waals surface area contributed by atoms with Crippen molar-refractivity contribution in [3.05, 3.63) is 0 Å². The van der Waals surface area contributed by atoms with Crippen molar-refractivity contribution >= 4 is 17.9 Å². The van der Waals surface area contributed by atoms with Crippen LogP contribution in [0.4, 0.5) is 0 Å². The zero-order valence-corrected chi connectivity index (χ0v) is 13.3. The average molecular weight is 294 g/mol. The van der Waals surface area contributed by atoms with Gasteiger partial charge in [0.1, 0.15) is 0 Å². The zero-order valence-electron chi connectivity index (χ0n) is 13.3. The second-order valence-electron chi connectivity index (χ2n) is 3.97. The SMILES string of the molecule is CC(=O)O.CC(=O)O.CC(=O)O.CCCCCCCC. The van der Waals surface area contributed by atoms with E-state index in [-0.39, 0.29) is 0 Å². The molecule has 6 nitrogen and oxygen atoms in total. The van der Waals surface area contributed by atoms with Crippen LogP contribution in [0.1, 0.15) is 73.1 Å². The smallest absolute Gasteiger partial charge is 0.300 e. The first-order valence-corrected chi connectivity index (χ1v) is 6.70. The van der Waals surface area contributed by atoms with Crippen molar-refractivity contribution in [2.45, 2.75) is 73.1 Å². The Hall–Kier alpha value is -1.59. The number of hydrogen-bond acceptors (Lipinski definition) is 3. The van der Waals surface area contributed by atoms with Gasteiger partial charge in [0.25, 0.3) is 17.9 Å². The maximum atomic E-state index is 9.00. The lowest BCUT2D eigenvalue weighted by Gasteiger charge is -1.93. The number of carbonyl (C=O) groups is 3. The van der Waals surface area contributed by atoms with Gasteiger partial charge in [-0.05, 0) is 0 Å². The molecule has 0 spiro atoms. The van der Waals surface area contributed by atoms with Crippen molar-refractivity contribution < 1.29 is 29.7 Å². The summed E-state index contributed by atoms with van der Waals surface area (Å²) in [6.45, 7) is 7.76. The molecule has 3 N–H and O–H groups in total. The number of carboxylic acids is 3. The van der Waals surface area contributed by atoms with Gasteiger partial charge in [0, 0.05) is 20.8 Å². The van der Waals surface area contributed by atoms with Gasteiger partial charge in [-0.15, -0.1) is 0 Å². The number of aliphatic carboxylic acids is 3. The Morgan fingerprint density at radius 2 is 0.750 bits per heavy atom. The molecule has 0 rings (SSSR count).